The first-order chi connectivity index (χ1) is 13.3. The number of nitrogens with one attached hydrogen (secondary N) is 1. The van der Waals surface area contributed by atoms with Gasteiger partial charge in [0, 0.05) is 19.1 Å². The van der Waals surface area contributed by atoms with Gasteiger partial charge in [0.05, 0.1) is 13.2 Å². The highest BCUT2D eigenvalue weighted by molar-refractivity contribution is 5.76. The summed E-state index contributed by atoms with van der Waals surface area (Å²) < 4.78 is 25.4. The Kier molecular flexibility index (Phi) is 4.93. The average molecular weight is 390 g/mol. The molecule has 1 unspecified atom stereocenters. The molecule has 1 heterocycles. The van der Waals surface area contributed by atoms with Crippen LogP contribution in [0.3, 0.4) is 0 Å². The predicted molar refractivity (Wildman–Crippen MR) is 106 cm³/mol. The van der Waals surface area contributed by atoms with Crippen molar-refractivity contribution in [3.63, 3.8) is 0 Å². The van der Waals surface area contributed by atoms with Crippen molar-refractivity contribution >= 4 is 5.91 Å². The molecule has 1 spiro atoms. The number of carbonyl (C=O) groups is 1. The van der Waals surface area contributed by atoms with Gasteiger partial charge in [-0.05, 0) is 66.0 Å². The Morgan fingerprint density at radius 3 is 2.89 bits per heavy atom. The van der Waals surface area contributed by atoms with Crippen molar-refractivity contribution < 1.29 is 18.7 Å². The third-order valence-electron chi connectivity index (χ3n) is 7.79. The second-order valence-corrected chi connectivity index (χ2v) is 9.48. The molecule has 1 aliphatic heterocycles. The molecule has 2 bridgehead atoms. The minimum atomic E-state index is -0.351. The van der Waals surface area contributed by atoms with Crippen LogP contribution < -0.4 is 10.1 Å². The third-order valence-corrected chi connectivity index (χ3v) is 7.79. The van der Waals surface area contributed by atoms with Crippen LogP contribution in [-0.2, 0) is 9.53 Å². The number of benzene rings is 1. The highest BCUT2D eigenvalue weighted by atomic mass is 19.1. The SMILES string of the molecule is CCCC(=O)N[C@H]1C(C)(C)[C@@H]2C[C@@H]3[C@@H](c4ccc(F)c(OC)c4)OCCC31C2. The van der Waals surface area contributed by atoms with E-state index in [1.165, 1.54) is 13.2 Å². The van der Waals surface area contributed by atoms with Gasteiger partial charge in [-0.25, -0.2) is 4.39 Å². The molecular formula is C23H32FNO3. The van der Waals surface area contributed by atoms with Gasteiger partial charge in [0.2, 0.25) is 5.91 Å². The fourth-order valence-electron chi connectivity index (χ4n) is 6.43. The fourth-order valence-corrected chi connectivity index (χ4v) is 6.43. The van der Waals surface area contributed by atoms with Gasteiger partial charge < -0.3 is 14.8 Å². The summed E-state index contributed by atoms with van der Waals surface area (Å²) in [4.78, 5) is 12.5. The van der Waals surface area contributed by atoms with E-state index < -0.39 is 0 Å². The quantitative estimate of drug-likeness (QED) is 0.798. The minimum Gasteiger partial charge on any atom is -0.494 e. The minimum absolute atomic E-state index is 0.0576. The number of fused-ring (bicyclic) bond motifs is 1. The van der Waals surface area contributed by atoms with E-state index >= 15 is 0 Å². The Morgan fingerprint density at radius 1 is 1.39 bits per heavy atom. The maximum atomic E-state index is 13.9. The zero-order valence-electron chi connectivity index (χ0n) is 17.4. The summed E-state index contributed by atoms with van der Waals surface area (Å²) in [5.41, 5.74) is 1.12. The number of methoxy groups -OCH3 is 1. The summed E-state index contributed by atoms with van der Waals surface area (Å²) in [5, 5.41) is 3.42. The van der Waals surface area contributed by atoms with E-state index in [-0.39, 0.29) is 40.4 Å². The van der Waals surface area contributed by atoms with Gasteiger partial charge in [-0.3, -0.25) is 4.79 Å². The number of hydrogen-bond acceptors (Lipinski definition) is 3. The van der Waals surface area contributed by atoms with Crippen LogP contribution in [-0.4, -0.2) is 25.7 Å². The highest BCUT2D eigenvalue weighted by Crippen LogP contribution is 2.70. The highest BCUT2D eigenvalue weighted by Gasteiger charge is 2.68. The number of amides is 1. The molecule has 4 nitrogen and oxygen atoms in total. The van der Waals surface area contributed by atoms with Gasteiger partial charge in [-0.2, -0.15) is 0 Å². The number of halogens is 1. The molecule has 1 saturated heterocycles. The van der Waals surface area contributed by atoms with Crippen molar-refractivity contribution in [3.8, 4) is 5.75 Å². The Labute approximate surface area is 167 Å². The summed E-state index contributed by atoms with van der Waals surface area (Å²) in [5.74, 6) is 0.970. The van der Waals surface area contributed by atoms with Crippen molar-refractivity contribution in [1.29, 1.82) is 0 Å². The molecule has 1 aromatic rings. The summed E-state index contributed by atoms with van der Waals surface area (Å²) in [6.45, 7) is 7.33. The normalized spacial score (nSPS) is 35.5. The lowest BCUT2D eigenvalue weighted by atomic mass is 9.59. The summed E-state index contributed by atoms with van der Waals surface area (Å²) in [6.07, 6.45) is 4.57. The van der Waals surface area contributed by atoms with E-state index in [0.717, 1.165) is 31.2 Å². The van der Waals surface area contributed by atoms with Crippen LogP contribution in [0.25, 0.3) is 0 Å². The first-order valence-corrected chi connectivity index (χ1v) is 10.6. The molecule has 3 fully saturated rings. The van der Waals surface area contributed by atoms with Crippen molar-refractivity contribution in [2.45, 2.75) is 65.0 Å². The zero-order chi connectivity index (χ0) is 20.1. The Hall–Kier alpha value is -1.62. The zero-order valence-corrected chi connectivity index (χ0v) is 17.4. The van der Waals surface area contributed by atoms with Crippen molar-refractivity contribution in [2.24, 2.45) is 22.7 Å². The first kappa shape index (κ1) is 19.7. The van der Waals surface area contributed by atoms with Gasteiger partial charge in [0.1, 0.15) is 0 Å². The average Bonchev–Trinajstić information content (AvgIpc) is 3.15. The molecule has 4 rings (SSSR count). The van der Waals surface area contributed by atoms with E-state index in [2.05, 4.69) is 19.2 Å². The van der Waals surface area contributed by atoms with E-state index in [1.807, 2.05) is 13.0 Å². The fraction of sp³-hybridized carbons (Fsp3) is 0.696. The van der Waals surface area contributed by atoms with Crippen molar-refractivity contribution in [1.82, 2.24) is 5.32 Å². The van der Waals surface area contributed by atoms with Crippen LogP contribution in [0.2, 0.25) is 0 Å². The summed E-state index contributed by atoms with van der Waals surface area (Å²) in [7, 11) is 1.49. The van der Waals surface area contributed by atoms with Crippen molar-refractivity contribution in [3.05, 3.63) is 29.6 Å². The number of rotatable bonds is 5. The molecule has 1 N–H and O–H groups in total. The number of ether oxygens (including phenoxy) is 2. The van der Waals surface area contributed by atoms with E-state index in [1.54, 1.807) is 6.07 Å². The maximum Gasteiger partial charge on any atom is 0.220 e. The standard InChI is InChI=1S/C23H32FNO3/c1-5-6-19(26)25-21-22(2,3)15-12-16-20(28-10-9-23(16,21)13-15)14-7-8-17(24)18(11-14)27-4/h7-8,11,15-16,20-21H,5-6,9-10,12-13H2,1-4H3,(H,25,26)/t15-,16-,20-,21+,23?/m1/s1. The first-order valence-electron chi connectivity index (χ1n) is 10.6. The van der Waals surface area contributed by atoms with E-state index in [0.29, 0.717) is 24.9 Å². The van der Waals surface area contributed by atoms with Crippen LogP contribution in [0.1, 0.15) is 64.5 Å². The van der Waals surface area contributed by atoms with Gasteiger partial charge in [-0.15, -0.1) is 0 Å². The molecule has 5 heteroatoms. The monoisotopic (exact) mass is 389 g/mol. The second kappa shape index (κ2) is 7.01. The molecule has 0 aromatic heterocycles. The molecule has 1 amide bonds. The lowest BCUT2D eigenvalue weighted by Gasteiger charge is -2.53. The van der Waals surface area contributed by atoms with Gasteiger partial charge in [-0.1, -0.05) is 26.8 Å². The lowest BCUT2D eigenvalue weighted by Crippen LogP contribution is -2.58. The van der Waals surface area contributed by atoms with Gasteiger partial charge >= 0.3 is 0 Å². The van der Waals surface area contributed by atoms with Crippen LogP contribution in [0.5, 0.6) is 5.75 Å². The number of carbonyl (C=O) groups excluding carboxylic acids is 1. The topological polar surface area (TPSA) is 47.6 Å². The molecule has 5 atom stereocenters. The number of hydrogen-bond donors (Lipinski definition) is 1. The smallest absolute Gasteiger partial charge is 0.220 e. The molecule has 154 valence electrons. The van der Waals surface area contributed by atoms with Crippen molar-refractivity contribution in [2.75, 3.05) is 13.7 Å². The van der Waals surface area contributed by atoms with Crippen LogP contribution >= 0.6 is 0 Å². The summed E-state index contributed by atoms with van der Waals surface area (Å²) >= 11 is 0. The Bertz CT molecular complexity index is 764. The third kappa shape index (κ3) is 2.85. The Balaban J connectivity index is 1.67. The Morgan fingerprint density at radius 2 is 2.18 bits per heavy atom. The van der Waals surface area contributed by atoms with Gasteiger partial charge in [0.15, 0.2) is 11.6 Å². The molecule has 2 saturated carbocycles. The molecule has 1 aromatic carbocycles. The molecule has 0 radical (unpaired) electrons. The van der Waals surface area contributed by atoms with Crippen LogP contribution in [0.4, 0.5) is 4.39 Å². The van der Waals surface area contributed by atoms with Gasteiger partial charge in [0.25, 0.3) is 0 Å². The van der Waals surface area contributed by atoms with Crippen LogP contribution in [0.15, 0.2) is 18.2 Å². The molecule has 3 aliphatic rings. The molecular weight excluding hydrogens is 357 g/mol. The van der Waals surface area contributed by atoms with E-state index in [9.17, 15) is 9.18 Å². The molecule has 2 aliphatic carbocycles. The summed E-state index contributed by atoms with van der Waals surface area (Å²) in [6, 6.07) is 5.23. The second-order valence-electron chi connectivity index (χ2n) is 9.48. The van der Waals surface area contributed by atoms with Crippen LogP contribution in [0, 0.1) is 28.5 Å². The van der Waals surface area contributed by atoms with E-state index in [4.69, 9.17) is 9.47 Å². The predicted octanol–water partition coefficient (Wildman–Crippen LogP) is 4.63. The lowest BCUT2D eigenvalue weighted by molar-refractivity contribution is -0.137. The largest absolute Gasteiger partial charge is 0.494 e. The molecule has 28 heavy (non-hydrogen) atoms. The maximum absolute atomic E-state index is 13.9.